The van der Waals surface area contributed by atoms with E-state index in [1.54, 1.807) is 0 Å². The van der Waals surface area contributed by atoms with Crippen molar-refractivity contribution in [2.45, 2.75) is 12.7 Å². The minimum absolute atomic E-state index is 0.00860. The van der Waals surface area contributed by atoms with Crippen LogP contribution in [0.2, 0.25) is 0 Å². The average molecular weight is 348 g/mol. The third-order valence-electron chi connectivity index (χ3n) is 2.69. The number of aromatic nitrogens is 1. The largest absolute Gasteiger partial charge is 0.477 e. The summed E-state index contributed by atoms with van der Waals surface area (Å²) >= 11 is 3.15. The lowest BCUT2D eigenvalue weighted by atomic mass is 10.1. The number of benzene rings is 1. The van der Waals surface area contributed by atoms with Crippen molar-refractivity contribution in [3.05, 3.63) is 57.8 Å². The third kappa shape index (κ3) is 3.22. The first-order valence-corrected chi connectivity index (χ1v) is 6.32. The van der Waals surface area contributed by atoms with Gasteiger partial charge in [-0.15, -0.1) is 0 Å². The van der Waals surface area contributed by atoms with Crippen molar-refractivity contribution in [2.75, 3.05) is 0 Å². The number of carboxylic acid groups (broad SMARTS) is 1. The van der Waals surface area contributed by atoms with Gasteiger partial charge in [0.2, 0.25) is 0 Å². The first kappa shape index (κ1) is 14.6. The highest BCUT2D eigenvalue weighted by Crippen LogP contribution is 2.29. The summed E-state index contributed by atoms with van der Waals surface area (Å²) in [6.07, 6.45) is -2.90. The zero-order valence-electron chi connectivity index (χ0n) is 9.99. The summed E-state index contributed by atoms with van der Waals surface area (Å²) in [6.45, 7) is 0.0527. The fourth-order valence-corrected chi connectivity index (χ4v) is 2.29. The van der Waals surface area contributed by atoms with Crippen molar-refractivity contribution in [1.82, 2.24) is 4.57 Å². The molecule has 0 aliphatic heterocycles. The Kier molecular flexibility index (Phi) is 3.89. The smallest absolute Gasteiger partial charge is 0.416 e. The van der Waals surface area contributed by atoms with Gasteiger partial charge in [0.1, 0.15) is 5.69 Å². The second-order valence-electron chi connectivity index (χ2n) is 4.17. The van der Waals surface area contributed by atoms with Crippen LogP contribution in [0.3, 0.4) is 0 Å². The molecule has 106 valence electrons. The van der Waals surface area contributed by atoms with E-state index in [4.69, 9.17) is 5.11 Å². The SMILES string of the molecule is O=C(O)c1cc(Br)cn1Cc1cccc(C(F)(F)F)c1. The molecule has 2 rings (SSSR count). The standard InChI is InChI=1S/C13H9BrF3NO2/c14-10-5-11(12(19)20)18(7-10)6-8-2-1-3-9(4-8)13(15,16)17/h1-5,7H,6H2,(H,19,20). The molecule has 7 heteroatoms. The van der Waals surface area contributed by atoms with E-state index < -0.39 is 17.7 Å². The van der Waals surface area contributed by atoms with Gasteiger partial charge in [-0.3, -0.25) is 0 Å². The Hall–Kier alpha value is -1.76. The monoisotopic (exact) mass is 347 g/mol. The Morgan fingerprint density at radius 1 is 1.30 bits per heavy atom. The minimum atomic E-state index is -4.41. The number of hydrogen-bond donors (Lipinski definition) is 1. The molecule has 0 spiro atoms. The summed E-state index contributed by atoms with van der Waals surface area (Å²) < 4.78 is 39.8. The van der Waals surface area contributed by atoms with Gasteiger partial charge in [0.25, 0.3) is 0 Å². The van der Waals surface area contributed by atoms with Gasteiger partial charge in [-0.2, -0.15) is 13.2 Å². The van der Waals surface area contributed by atoms with Crippen LogP contribution in [0.25, 0.3) is 0 Å². The molecule has 0 aliphatic carbocycles. The molecule has 1 aromatic carbocycles. The van der Waals surface area contributed by atoms with Crippen LogP contribution in [0.15, 0.2) is 41.0 Å². The highest BCUT2D eigenvalue weighted by molar-refractivity contribution is 9.10. The predicted molar refractivity (Wildman–Crippen MR) is 69.6 cm³/mol. The summed E-state index contributed by atoms with van der Waals surface area (Å²) in [7, 11) is 0. The number of nitrogens with zero attached hydrogens (tertiary/aromatic N) is 1. The Bertz CT molecular complexity index is 649. The second-order valence-corrected chi connectivity index (χ2v) is 5.09. The molecule has 0 amide bonds. The van der Waals surface area contributed by atoms with E-state index >= 15 is 0 Å². The molecule has 3 nitrogen and oxygen atoms in total. The highest BCUT2D eigenvalue weighted by Gasteiger charge is 2.30. The molecule has 2 aromatic rings. The number of halogens is 4. The zero-order chi connectivity index (χ0) is 14.9. The minimum Gasteiger partial charge on any atom is -0.477 e. The molecule has 0 unspecified atom stereocenters. The van der Waals surface area contributed by atoms with Crippen LogP contribution in [-0.4, -0.2) is 15.6 Å². The van der Waals surface area contributed by atoms with Gasteiger partial charge >= 0.3 is 12.1 Å². The highest BCUT2D eigenvalue weighted by atomic mass is 79.9. The van der Waals surface area contributed by atoms with Crippen LogP contribution >= 0.6 is 15.9 Å². The quantitative estimate of drug-likeness (QED) is 0.911. The van der Waals surface area contributed by atoms with E-state index in [1.165, 1.54) is 29.0 Å². The molecule has 0 fully saturated rings. The molecule has 0 saturated heterocycles. The zero-order valence-corrected chi connectivity index (χ0v) is 11.6. The summed E-state index contributed by atoms with van der Waals surface area (Å²) in [5, 5.41) is 9.02. The molecule has 0 atom stereocenters. The van der Waals surface area contributed by atoms with Crippen LogP contribution in [0, 0.1) is 0 Å². The molecule has 0 bridgehead atoms. The van der Waals surface area contributed by atoms with E-state index in [9.17, 15) is 18.0 Å². The van der Waals surface area contributed by atoms with Gasteiger partial charge in [0.15, 0.2) is 0 Å². The van der Waals surface area contributed by atoms with Crippen LogP contribution in [-0.2, 0) is 12.7 Å². The van der Waals surface area contributed by atoms with Crippen LogP contribution in [0.4, 0.5) is 13.2 Å². The molecular weight excluding hydrogens is 339 g/mol. The molecule has 1 N–H and O–H groups in total. The summed E-state index contributed by atoms with van der Waals surface area (Å²) in [5.41, 5.74) is -0.363. The number of rotatable bonds is 3. The molecule has 1 heterocycles. The maximum absolute atomic E-state index is 12.6. The molecule has 20 heavy (non-hydrogen) atoms. The molecule has 0 saturated carbocycles. The normalized spacial score (nSPS) is 11.6. The van der Waals surface area contributed by atoms with Crippen LogP contribution < -0.4 is 0 Å². The van der Waals surface area contributed by atoms with E-state index in [0.29, 0.717) is 10.0 Å². The van der Waals surface area contributed by atoms with E-state index in [-0.39, 0.29) is 12.2 Å². The van der Waals surface area contributed by atoms with Gasteiger partial charge < -0.3 is 9.67 Å². The Balaban J connectivity index is 2.33. The van der Waals surface area contributed by atoms with Gasteiger partial charge in [-0.1, -0.05) is 12.1 Å². The number of aromatic carboxylic acids is 1. The predicted octanol–water partition coefficient (Wildman–Crippen LogP) is 4.02. The average Bonchev–Trinajstić information content (AvgIpc) is 2.69. The Morgan fingerprint density at radius 3 is 2.60 bits per heavy atom. The summed E-state index contributed by atoms with van der Waals surface area (Å²) in [5.74, 6) is -1.14. The lowest BCUT2D eigenvalue weighted by molar-refractivity contribution is -0.137. The first-order chi connectivity index (χ1) is 9.27. The molecule has 0 aliphatic rings. The second kappa shape index (κ2) is 5.32. The van der Waals surface area contributed by atoms with Crippen molar-refractivity contribution >= 4 is 21.9 Å². The summed E-state index contributed by atoms with van der Waals surface area (Å²) in [4.78, 5) is 11.0. The third-order valence-corrected chi connectivity index (χ3v) is 3.12. The maximum atomic E-state index is 12.6. The number of hydrogen-bond acceptors (Lipinski definition) is 1. The van der Waals surface area contributed by atoms with Crippen LogP contribution in [0.5, 0.6) is 0 Å². The van der Waals surface area contributed by atoms with Crippen LogP contribution in [0.1, 0.15) is 21.6 Å². The van der Waals surface area contributed by atoms with Gasteiger partial charge in [0.05, 0.1) is 5.56 Å². The fourth-order valence-electron chi connectivity index (χ4n) is 1.83. The first-order valence-electron chi connectivity index (χ1n) is 5.52. The molecular formula is C13H9BrF3NO2. The topological polar surface area (TPSA) is 42.2 Å². The number of carboxylic acids is 1. The van der Waals surface area contributed by atoms with Crippen molar-refractivity contribution < 1.29 is 23.1 Å². The number of carbonyl (C=O) groups is 1. The van der Waals surface area contributed by atoms with Gasteiger partial charge in [0, 0.05) is 17.2 Å². The van der Waals surface area contributed by atoms with Crippen molar-refractivity contribution in [3.63, 3.8) is 0 Å². The lowest BCUT2D eigenvalue weighted by Gasteiger charge is -2.10. The molecule has 0 radical (unpaired) electrons. The fraction of sp³-hybridized carbons (Fsp3) is 0.154. The number of alkyl halides is 3. The maximum Gasteiger partial charge on any atom is 0.416 e. The van der Waals surface area contributed by atoms with E-state index in [1.807, 2.05) is 0 Å². The Labute approximate surface area is 120 Å². The lowest BCUT2D eigenvalue weighted by Crippen LogP contribution is -2.10. The van der Waals surface area contributed by atoms with Crippen molar-refractivity contribution in [1.29, 1.82) is 0 Å². The van der Waals surface area contributed by atoms with E-state index in [2.05, 4.69) is 15.9 Å². The molecule has 1 aromatic heterocycles. The van der Waals surface area contributed by atoms with Crippen molar-refractivity contribution in [2.24, 2.45) is 0 Å². The summed E-state index contributed by atoms with van der Waals surface area (Å²) in [6, 6.07) is 6.22. The van der Waals surface area contributed by atoms with Crippen molar-refractivity contribution in [3.8, 4) is 0 Å². The Morgan fingerprint density at radius 2 is 2.00 bits per heavy atom. The van der Waals surface area contributed by atoms with Gasteiger partial charge in [-0.05, 0) is 39.7 Å². The van der Waals surface area contributed by atoms with Gasteiger partial charge in [-0.25, -0.2) is 4.79 Å². The van der Waals surface area contributed by atoms with E-state index in [0.717, 1.165) is 12.1 Å².